The van der Waals surface area contributed by atoms with Gasteiger partial charge >= 0.3 is 12.0 Å². The summed E-state index contributed by atoms with van der Waals surface area (Å²) in [4.78, 5) is 27.9. The van der Waals surface area contributed by atoms with Gasteiger partial charge in [-0.2, -0.15) is 0 Å². The number of amides is 2. The van der Waals surface area contributed by atoms with Crippen molar-refractivity contribution in [2.45, 2.75) is 46.5 Å². The molecule has 0 aromatic heterocycles. The molecule has 2 unspecified atom stereocenters. The first-order chi connectivity index (χ1) is 9.89. The average molecular weight is 296 g/mol. The summed E-state index contributed by atoms with van der Waals surface area (Å²) in [5.74, 6) is 0.411. The number of urea groups is 1. The molecule has 5 nitrogen and oxygen atoms in total. The molecule has 5 heteroatoms. The highest BCUT2D eigenvalue weighted by molar-refractivity contribution is 5.77. The van der Waals surface area contributed by atoms with Gasteiger partial charge in [0.25, 0.3) is 0 Å². The molecular weight excluding hydrogens is 268 g/mol. The first kappa shape index (κ1) is 16.1. The molecule has 2 aliphatic heterocycles. The Hall–Kier alpha value is -1.26. The van der Waals surface area contributed by atoms with Crippen LogP contribution < -0.4 is 0 Å². The van der Waals surface area contributed by atoms with Crippen molar-refractivity contribution < 1.29 is 14.7 Å². The molecule has 21 heavy (non-hydrogen) atoms. The Morgan fingerprint density at radius 3 is 2.05 bits per heavy atom. The van der Waals surface area contributed by atoms with Gasteiger partial charge in [0.15, 0.2) is 0 Å². The summed E-state index contributed by atoms with van der Waals surface area (Å²) in [6.07, 6.45) is 2.76. The molecule has 2 heterocycles. The Labute approximate surface area is 127 Å². The van der Waals surface area contributed by atoms with Crippen LogP contribution in [-0.2, 0) is 4.79 Å². The lowest BCUT2D eigenvalue weighted by Crippen LogP contribution is -2.50. The quantitative estimate of drug-likeness (QED) is 0.871. The van der Waals surface area contributed by atoms with E-state index in [9.17, 15) is 14.7 Å². The summed E-state index contributed by atoms with van der Waals surface area (Å²) < 4.78 is 0. The van der Waals surface area contributed by atoms with Crippen LogP contribution in [0.5, 0.6) is 0 Å². The summed E-state index contributed by atoms with van der Waals surface area (Å²) in [6, 6.07) is 0.0988. The van der Waals surface area contributed by atoms with Crippen molar-refractivity contribution in [3.63, 3.8) is 0 Å². The molecule has 0 spiro atoms. The molecule has 2 atom stereocenters. The van der Waals surface area contributed by atoms with Gasteiger partial charge < -0.3 is 14.9 Å². The van der Waals surface area contributed by atoms with Gasteiger partial charge in [-0.05, 0) is 31.1 Å². The Morgan fingerprint density at radius 1 is 1.10 bits per heavy atom. The lowest BCUT2D eigenvalue weighted by atomic mass is 9.75. The van der Waals surface area contributed by atoms with Crippen LogP contribution in [0.2, 0.25) is 0 Å². The van der Waals surface area contributed by atoms with E-state index < -0.39 is 11.4 Å². The zero-order chi connectivity index (χ0) is 15.6. The van der Waals surface area contributed by atoms with Crippen LogP contribution in [0.25, 0.3) is 0 Å². The minimum absolute atomic E-state index is 0.0988. The number of carboxylic acid groups (broad SMARTS) is 1. The minimum atomic E-state index is -0.695. The predicted octanol–water partition coefficient (Wildman–Crippen LogP) is 2.66. The van der Waals surface area contributed by atoms with Crippen molar-refractivity contribution in [1.29, 1.82) is 0 Å². The Bertz CT molecular complexity index is 392. The topological polar surface area (TPSA) is 60.9 Å². The molecule has 2 amide bonds. The molecule has 2 aliphatic rings. The molecule has 2 fully saturated rings. The van der Waals surface area contributed by atoms with Crippen LogP contribution in [0.3, 0.4) is 0 Å². The average Bonchev–Trinajstić information content (AvgIpc) is 2.79. The predicted molar refractivity (Wildman–Crippen MR) is 81.1 cm³/mol. The number of carbonyl (C=O) groups is 2. The van der Waals surface area contributed by atoms with Crippen molar-refractivity contribution in [2.75, 3.05) is 26.2 Å². The van der Waals surface area contributed by atoms with Gasteiger partial charge in [-0.15, -0.1) is 0 Å². The Morgan fingerprint density at radius 2 is 1.62 bits per heavy atom. The second kappa shape index (κ2) is 6.24. The SMILES string of the molecule is CCCC1(C(=O)O)CCN(C(=O)N2CC(C)C(C)C2)CC1. The zero-order valence-electron chi connectivity index (χ0n) is 13.5. The fraction of sp³-hybridized carbons (Fsp3) is 0.875. The maximum atomic E-state index is 12.5. The number of aliphatic carboxylic acids is 1. The van der Waals surface area contributed by atoms with Gasteiger partial charge in [-0.3, -0.25) is 4.79 Å². The van der Waals surface area contributed by atoms with E-state index >= 15 is 0 Å². The lowest BCUT2D eigenvalue weighted by molar-refractivity contribution is -0.152. The number of likely N-dealkylation sites (tertiary alicyclic amines) is 2. The van der Waals surface area contributed by atoms with Gasteiger partial charge in [-0.25, -0.2) is 4.79 Å². The van der Waals surface area contributed by atoms with Crippen molar-refractivity contribution in [3.05, 3.63) is 0 Å². The van der Waals surface area contributed by atoms with E-state index in [1.807, 2.05) is 16.7 Å². The van der Waals surface area contributed by atoms with E-state index in [-0.39, 0.29) is 6.03 Å². The van der Waals surface area contributed by atoms with Gasteiger partial charge in [0.2, 0.25) is 0 Å². The number of carbonyl (C=O) groups excluding carboxylic acids is 1. The van der Waals surface area contributed by atoms with Crippen LogP contribution in [-0.4, -0.2) is 53.1 Å². The van der Waals surface area contributed by atoms with Crippen LogP contribution in [0.15, 0.2) is 0 Å². The number of carboxylic acids is 1. The number of piperidine rings is 1. The second-order valence-electron chi connectivity index (χ2n) is 6.96. The van der Waals surface area contributed by atoms with E-state index in [1.54, 1.807) is 0 Å². The number of hydrogen-bond acceptors (Lipinski definition) is 2. The standard InChI is InChI=1S/C16H28N2O3/c1-4-5-16(14(19)20)6-8-17(9-7-16)15(21)18-10-12(2)13(3)11-18/h12-13H,4-11H2,1-3H3,(H,19,20). The van der Waals surface area contributed by atoms with E-state index in [1.165, 1.54) is 0 Å². The highest BCUT2D eigenvalue weighted by atomic mass is 16.4. The first-order valence-corrected chi connectivity index (χ1v) is 8.17. The molecule has 0 aliphatic carbocycles. The monoisotopic (exact) mass is 296 g/mol. The molecule has 0 aromatic rings. The molecule has 2 saturated heterocycles. The van der Waals surface area contributed by atoms with E-state index in [0.717, 1.165) is 19.5 Å². The van der Waals surface area contributed by atoms with Crippen molar-refractivity contribution in [3.8, 4) is 0 Å². The first-order valence-electron chi connectivity index (χ1n) is 8.17. The molecule has 1 N–H and O–H groups in total. The summed E-state index contributed by atoms with van der Waals surface area (Å²) in [7, 11) is 0. The fourth-order valence-electron chi connectivity index (χ4n) is 3.66. The largest absolute Gasteiger partial charge is 0.481 e. The molecule has 120 valence electrons. The van der Waals surface area contributed by atoms with Crippen LogP contribution >= 0.6 is 0 Å². The van der Waals surface area contributed by atoms with Gasteiger partial charge in [0, 0.05) is 26.2 Å². The third-order valence-electron chi connectivity index (χ3n) is 5.43. The molecular formula is C16H28N2O3. The summed E-state index contributed by atoms with van der Waals surface area (Å²) >= 11 is 0. The third kappa shape index (κ3) is 3.16. The van der Waals surface area contributed by atoms with E-state index in [0.29, 0.717) is 44.2 Å². The lowest BCUT2D eigenvalue weighted by Gasteiger charge is -2.40. The van der Waals surface area contributed by atoms with Crippen molar-refractivity contribution >= 4 is 12.0 Å². The number of rotatable bonds is 3. The molecule has 0 aromatic carbocycles. The normalized spacial score (nSPS) is 28.7. The number of hydrogen-bond donors (Lipinski definition) is 1. The van der Waals surface area contributed by atoms with Gasteiger partial charge in [0.1, 0.15) is 0 Å². The number of nitrogens with zero attached hydrogens (tertiary/aromatic N) is 2. The molecule has 2 rings (SSSR count). The van der Waals surface area contributed by atoms with E-state index in [4.69, 9.17) is 0 Å². The van der Waals surface area contributed by atoms with Gasteiger partial charge in [-0.1, -0.05) is 27.2 Å². The van der Waals surface area contributed by atoms with Crippen molar-refractivity contribution in [1.82, 2.24) is 9.80 Å². The summed E-state index contributed by atoms with van der Waals surface area (Å²) in [6.45, 7) is 9.20. The van der Waals surface area contributed by atoms with Crippen LogP contribution in [0.1, 0.15) is 46.5 Å². The molecule has 0 bridgehead atoms. The maximum Gasteiger partial charge on any atom is 0.320 e. The second-order valence-corrected chi connectivity index (χ2v) is 6.96. The van der Waals surface area contributed by atoms with E-state index in [2.05, 4.69) is 13.8 Å². The van der Waals surface area contributed by atoms with Gasteiger partial charge in [0.05, 0.1) is 5.41 Å². The zero-order valence-corrected chi connectivity index (χ0v) is 13.5. The smallest absolute Gasteiger partial charge is 0.320 e. The summed E-state index contributed by atoms with van der Waals surface area (Å²) in [5.41, 5.74) is -0.614. The highest BCUT2D eigenvalue weighted by Crippen LogP contribution is 2.37. The maximum absolute atomic E-state index is 12.5. The third-order valence-corrected chi connectivity index (χ3v) is 5.43. The van der Waals surface area contributed by atoms with Crippen molar-refractivity contribution in [2.24, 2.45) is 17.3 Å². The molecule has 0 radical (unpaired) electrons. The Kier molecular flexibility index (Phi) is 4.79. The fourth-order valence-corrected chi connectivity index (χ4v) is 3.66. The highest BCUT2D eigenvalue weighted by Gasteiger charge is 2.42. The Balaban J connectivity index is 1.94. The summed E-state index contributed by atoms with van der Waals surface area (Å²) in [5, 5.41) is 9.51. The van der Waals surface area contributed by atoms with Crippen LogP contribution in [0, 0.1) is 17.3 Å². The minimum Gasteiger partial charge on any atom is -0.481 e. The molecule has 0 saturated carbocycles. The van der Waals surface area contributed by atoms with Crippen LogP contribution in [0.4, 0.5) is 4.79 Å².